The van der Waals surface area contributed by atoms with Crippen molar-refractivity contribution < 1.29 is 0 Å². The first-order valence-corrected chi connectivity index (χ1v) is 4.48. The van der Waals surface area contributed by atoms with Crippen molar-refractivity contribution >= 4 is 17.0 Å². The van der Waals surface area contributed by atoms with Crippen LogP contribution in [-0.4, -0.2) is 4.98 Å². The van der Waals surface area contributed by atoms with Gasteiger partial charge in [0, 0.05) is 22.2 Å². The molecule has 0 unspecified atom stereocenters. The van der Waals surface area contributed by atoms with Crippen molar-refractivity contribution in [1.29, 1.82) is 0 Å². The van der Waals surface area contributed by atoms with Gasteiger partial charge in [0.2, 0.25) is 0 Å². The second-order valence-corrected chi connectivity index (χ2v) is 3.24. The lowest BCUT2D eigenvalue weighted by Gasteiger charge is -2.03. The Morgan fingerprint density at radius 1 is 1.36 bits per heavy atom. The first-order chi connectivity index (χ1) is 6.74. The normalized spacial score (nSPS) is 10.4. The summed E-state index contributed by atoms with van der Waals surface area (Å²) >= 11 is 0. The Kier molecular flexibility index (Phi) is 1.97. The summed E-state index contributed by atoms with van der Waals surface area (Å²) < 4.78 is 0. The molecule has 1 aromatic heterocycles. The van der Waals surface area contributed by atoms with E-state index in [0.717, 1.165) is 11.2 Å². The predicted molar refractivity (Wildman–Crippen MR) is 59.4 cm³/mol. The van der Waals surface area contributed by atoms with Crippen molar-refractivity contribution in [2.75, 3.05) is 0 Å². The van der Waals surface area contributed by atoms with Gasteiger partial charge in [-0.05, 0) is 19.1 Å². The number of hydrogen-bond donors (Lipinski definition) is 1. The Balaban J connectivity index is 3.00. The third-order valence-corrected chi connectivity index (χ3v) is 2.35. The van der Waals surface area contributed by atoms with E-state index in [9.17, 15) is 4.79 Å². The molecule has 0 aliphatic rings. The van der Waals surface area contributed by atoms with E-state index >= 15 is 0 Å². The molecule has 0 spiro atoms. The third-order valence-electron chi connectivity index (χ3n) is 2.35. The Hall–Kier alpha value is -1.83. The maximum Gasteiger partial charge on any atom is 0.196 e. The van der Waals surface area contributed by atoms with Crippen LogP contribution in [0.3, 0.4) is 0 Å². The standard InChI is InChI=1S/C12H11NO/c1-3-9-8(2)13-11-7-5-4-6-10(11)12(9)14/h3-7H,1H2,2H3,(H,13,14). The number of aromatic amines is 1. The zero-order chi connectivity index (χ0) is 10.1. The lowest BCUT2D eigenvalue weighted by Crippen LogP contribution is -2.09. The molecule has 2 rings (SSSR count). The molecule has 14 heavy (non-hydrogen) atoms. The van der Waals surface area contributed by atoms with Gasteiger partial charge in [0.25, 0.3) is 0 Å². The second kappa shape index (κ2) is 3.14. The van der Waals surface area contributed by atoms with E-state index in [0.29, 0.717) is 10.9 Å². The van der Waals surface area contributed by atoms with E-state index in [1.54, 1.807) is 6.08 Å². The number of nitrogens with one attached hydrogen (secondary N) is 1. The van der Waals surface area contributed by atoms with E-state index in [4.69, 9.17) is 0 Å². The zero-order valence-corrected chi connectivity index (χ0v) is 8.00. The van der Waals surface area contributed by atoms with E-state index in [-0.39, 0.29) is 5.43 Å². The van der Waals surface area contributed by atoms with E-state index in [2.05, 4.69) is 11.6 Å². The lowest BCUT2D eigenvalue weighted by molar-refractivity contribution is 1.23. The van der Waals surface area contributed by atoms with Crippen LogP contribution in [0.5, 0.6) is 0 Å². The average molecular weight is 185 g/mol. The van der Waals surface area contributed by atoms with Crippen molar-refractivity contribution in [2.24, 2.45) is 0 Å². The van der Waals surface area contributed by atoms with Gasteiger partial charge in [-0.25, -0.2) is 0 Å². The molecule has 1 aromatic carbocycles. The maximum atomic E-state index is 11.9. The molecular formula is C12H11NO. The van der Waals surface area contributed by atoms with Gasteiger partial charge in [-0.2, -0.15) is 0 Å². The monoisotopic (exact) mass is 185 g/mol. The first kappa shape index (κ1) is 8.75. The van der Waals surface area contributed by atoms with Crippen LogP contribution in [-0.2, 0) is 0 Å². The number of H-pyrrole nitrogens is 1. The lowest BCUT2D eigenvalue weighted by atomic mass is 10.1. The maximum absolute atomic E-state index is 11.9. The van der Waals surface area contributed by atoms with Gasteiger partial charge in [-0.15, -0.1) is 0 Å². The molecule has 70 valence electrons. The summed E-state index contributed by atoms with van der Waals surface area (Å²) in [5, 5.41) is 0.716. The van der Waals surface area contributed by atoms with Gasteiger partial charge < -0.3 is 4.98 Å². The SMILES string of the molecule is C=Cc1c(C)[nH]c2ccccc2c1=O. The summed E-state index contributed by atoms with van der Waals surface area (Å²) in [4.78, 5) is 15.1. The van der Waals surface area contributed by atoms with Crippen LogP contribution in [0.1, 0.15) is 11.3 Å². The summed E-state index contributed by atoms with van der Waals surface area (Å²) in [7, 11) is 0. The highest BCUT2D eigenvalue weighted by Crippen LogP contribution is 2.10. The van der Waals surface area contributed by atoms with Crippen LogP contribution in [0.4, 0.5) is 0 Å². The third kappa shape index (κ3) is 1.16. The Morgan fingerprint density at radius 2 is 2.07 bits per heavy atom. The highest BCUT2D eigenvalue weighted by atomic mass is 16.1. The average Bonchev–Trinajstić information content (AvgIpc) is 2.18. The van der Waals surface area contributed by atoms with Crippen LogP contribution < -0.4 is 5.43 Å². The molecule has 0 saturated heterocycles. The molecule has 2 aromatic rings. The molecule has 0 aliphatic carbocycles. The fourth-order valence-corrected chi connectivity index (χ4v) is 1.62. The van der Waals surface area contributed by atoms with E-state index in [1.807, 2.05) is 31.2 Å². The van der Waals surface area contributed by atoms with Gasteiger partial charge in [0.15, 0.2) is 5.43 Å². The number of benzene rings is 1. The molecule has 0 bridgehead atoms. The van der Waals surface area contributed by atoms with Crippen molar-refractivity contribution in [3.05, 3.63) is 52.3 Å². The van der Waals surface area contributed by atoms with Crippen LogP contribution >= 0.6 is 0 Å². The quantitative estimate of drug-likeness (QED) is 0.727. The van der Waals surface area contributed by atoms with Crippen molar-refractivity contribution in [3.63, 3.8) is 0 Å². The molecule has 2 nitrogen and oxygen atoms in total. The molecule has 0 saturated carbocycles. The van der Waals surface area contributed by atoms with Crippen LogP contribution in [0.2, 0.25) is 0 Å². The highest BCUT2D eigenvalue weighted by molar-refractivity contribution is 5.81. The predicted octanol–water partition coefficient (Wildman–Crippen LogP) is 2.48. The summed E-state index contributed by atoms with van der Waals surface area (Å²) in [5.41, 5.74) is 2.44. The van der Waals surface area contributed by atoms with Gasteiger partial charge in [0.1, 0.15) is 0 Å². The molecular weight excluding hydrogens is 174 g/mol. The summed E-state index contributed by atoms with van der Waals surface area (Å²) in [5.74, 6) is 0. The molecule has 0 atom stereocenters. The van der Waals surface area contributed by atoms with Crippen LogP contribution in [0.15, 0.2) is 35.6 Å². The summed E-state index contributed by atoms with van der Waals surface area (Å²) in [6.45, 7) is 5.52. The van der Waals surface area contributed by atoms with Gasteiger partial charge in [0.05, 0.1) is 0 Å². The molecule has 1 heterocycles. The Morgan fingerprint density at radius 3 is 2.79 bits per heavy atom. The summed E-state index contributed by atoms with van der Waals surface area (Å²) in [6, 6.07) is 7.49. The smallest absolute Gasteiger partial charge is 0.196 e. The minimum Gasteiger partial charge on any atom is -0.358 e. The fraction of sp³-hybridized carbons (Fsp3) is 0.0833. The molecule has 0 amide bonds. The fourth-order valence-electron chi connectivity index (χ4n) is 1.62. The minimum absolute atomic E-state index is 0.0480. The minimum atomic E-state index is 0.0480. The van der Waals surface area contributed by atoms with Crippen LogP contribution in [0, 0.1) is 6.92 Å². The second-order valence-electron chi connectivity index (χ2n) is 3.24. The van der Waals surface area contributed by atoms with Gasteiger partial charge >= 0.3 is 0 Å². The molecule has 0 aliphatic heterocycles. The number of pyridine rings is 1. The topological polar surface area (TPSA) is 32.9 Å². The molecule has 0 fully saturated rings. The number of fused-ring (bicyclic) bond motifs is 1. The number of hydrogen-bond acceptors (Lipinski definition) is 1. The number of para-hydroxylation sites is 1. The van der Waals surface area contributed by atoms with Gasteiger partial charge in [-0.1, -0.05) is 24.8 Å². The number of rotatable bonds is 1. The number of aryl methyl sites for hydroxylation is 1. The van der Waals surface area contributed by atoms with E-state index in [1.165, 1.54) is 0 Å². The summed E-state index contributed by atoms with van der Waals surface area (Å²) in [6.07, 6.45) is 1.60. The Bertz CT molecular complexity index is 552. The largest absolute Gasteiger partial charge is 0.358 e. The Labute approximate surface area is 81.9 Å². The van der Waals surface area contributed by atoms with E-state index < -0.39 is 0 Å². The number of aromatic nitrogens is 1. The zero-order valence-electron chi connectivity index (χ0n) is 8.00. The first-order valence-electron chi connectivity index (χ1n) is 4.48. The highest BCUT2D eigenvalue weighted by Gasteiger charge is 2.04. The molecule has 2 heteroatoms. The van der Waals surface area contributed by atoms with Gasteiger partial charge in [-0.3, -0.25) is 4.79 Å². The molecule has 0 radical (unpaired) electrons. The van der Waals surface area contributed by atoms with Crippen molar-refractivity contribution in [2.45, 2.75) is 6.92 Å². The van der Waals surface area contributed by atoms with Crippen LogP contribution in [0.25, 0.3) is 17.0 Å². The van der Waals surface area contributed by atoms with Crippen molar-refractivity contribution in [3.8, 4) is 0 Å². The molecule has 1 N–H and O–H groups in total. The van der Waals surface area contributed by atoms with Crippen molar-refractivity contribution in [1.82, 2.24) is 4.98 Å².